The summed E-state index contributed by atoms with van der Waals surface area (Å²) < 4.78 is 10.6. The molecule has 0 aliphatic rings. The number of hydrogen-bond acceptors (Lipinski definition) is 5. The molecule has 0 bridgehead atoms. The van der Waals surface area contributed by atoms with Crippen molar-refractivity contribution in [2.45, 2.75) is 19.4 Å². The molecule has 1 aromatic heterocycles. The predicted molar refractivity (Wildman–Crippen MR) is 91.4 cm³/mol. The number of benzene rings is 2. The molecule has 5 nitrogen and oxygen atoms in total. The fourth-order valence-electron chi connectivity index (χ4n) is 2.75. The standard InChI is InChI=1S/C19H18O5/c1-19(2,22)17-16(11-8-9-14(20)15(10-11)23-3)12-6-4-5-7-13(12)18(21)24-17/h4-10,20,22H,1-3H3. The number of ether oxygens (including phenoxy) is 1. The van der Waals surface area contributed by atoms with Gasteiger partial charge in [-0.2, -0.15) is 0 Å². The lowest BCUT2D eigenvalue weighted by Crippen LogP contribution is -2.20. The van der Waals surface area contributed by atoms with Crippen LogP contribution in [0.5, 0.6) is 11.5 Å². The first kappa shape index (κ1) is 16.1. The molecule has 0 aliphatic heterocycles. The van der Waals surface area contributed by atoms with Crippen LogP contribution in [0.2, 0.25) is 0 Å². The number of aliphatic hydroxyl groups is 1. The molecule has 0 saturated carbocycles. The van der Waals surface area contributed by atoms with E-state index in [2.05, 4.69) is 0 Å². The van der Waals surface area contributed by atoms with Gasteiger partial charge in [-0.3, -0.25) is 0 Å². The van der Waals surface area contributed by atoms with Crippen LogP contribution in [0.4, 0.5) is 0 Å². The lowest BCUT2D eigenvalue weighted by Gasteiger charge is -2.21. The Morgan fingerprint density at radius 1 is 1.08 bits per heavy atom. The summed E-state index contributed by atoms with van der Waals surface area (Å²) in [4.78, 5) is 12.3. The van der Waals surface area contributed by atoms with Gasteiger partial charge < -0.3 is 19.4 Å². The molecule has 0 fully saturated rings. The minimum absolute atomic E-state index is 0.00717. The van der Waals surface area contributed by atoms with E-state index in [4.69, 9.17) is 9.15 Å². The van der Waals surface area contributed by atoms with Crippen LogP contribution in [-0.2, 0) is 5.60 Å². The van der Waals surface area contributed by atoms with Gasteiger partial charge in [0.05, 0.1) is 12.5 Å². The minimum atomic E-state index is -1.36. The van der Waals surface area contributed by atoms with E-state index in [-0.39, 0.29) is 11.5 Å². The third-order valence-corrected chi connectivity index (χ3v) is 3.86. The lowest BCUT2D eigenvalue weighted by atomic mass is 9.92. The Hall–Kier alpha value is -2.79. The zero-order valence-electron chi connectivity index (χ0n) is 13.7. The van der Waals surface area contributed by atoms with Crippen LogP contribution in [-0.4, -0.2) is 17.3 Å². The van der Waals surface area contributed by atoms with Gasteiger partial charge in [0, 0.05) is 10.9 Å². The number of aromatic hydroxyl groups is 1. The molecule has 5 heteroatoms. The molecule has 2 aromatic carbocycles. The van der Waals surface area contributed by atoms with Crippen molar-refractivity contribution < 1.29 is 19.4 Å². The van der Waals surface area contributed by atoms with Gasteiger partial charge in [-0.1, -0.05) is 24.3 Å². The van der Waals surface area contributed by atoms with Crippen LogP contribution in [0.3, 0.4) is 0 Å². The summed E-state index contributed by atoms with van der Waals surface area (Å²) in [5.74, 6) is 0.469. The number of rotatable bonds is 3. The third-order valence-electron chi connectivity index (χ3n) is 3.86. The Balaban J connectivity index is 2.45. The first-order chi connectivity index (χ1) is 11.3. The Morgan fingerprint density at radius 2 is 1.75 bits per heavy atom. The van der Waals surface area contributed by atoms with E-state index in [9.17, 15) is 15.0 Å². The van der Waals surface area contributed by atoms with E-state index >= 15 is 0 Å². The van der Waals surface area contributed by atoms with Crippen molar-refractivity contribution in [3.05, 3.63) is 58.6 Å². The molecule has 0 aliphatic carbocycles. The largest absolute Gasteiger partial charge is 0.504 e. The predicted octanol–water partition coefficient (Wildman–Crippen LogP) is 3.40. The molecule has 2 N–H and O–H groups in total. The summed E-state index contributed by atoms with van der Waals surface area (Å²) in [6.07, 6.45) is 0. The van der Waals surface area contributed by atoms with Crippen LogP contribution < -0.4 is 10.4 Å². The first-order valence-electron chi connectivity index (χ1n) is 7.49. The van der Waals surface area contributed by atoms with Gasteiger partial charge in [-0.05, 0) is 37.6 Å². The quantitative estimate of drug-likeness (QED) is 0.771. The van der Waals surface area contributed by atoms with E-state index in [1.165, 1.54) is 13.2 Å². The Bertz CT molecular complexity index is 964. The Kier molecular flexibility index (Phi) is 3.81. The molecule has 124 valence electrons. The highest BCUT2D eigenvalue weighted by molar-refractivity contribution is 5.97. The Labute approximate surface area is 138 Å². The van der Waals surface area contributed by atoms with Crippen molar-refractivity contribution >= 4 is 10.8 Å². The molecule has 0 spiro atoms. The van der Waals surface area contributed by atoms with Gasteiger partial charge >= 0.3 is 5.63 Å². The average Bonchev–Trinajstić information content (AvgIpc) is 2.55. The van der Waals surface area contributed by atoms with Crippen molar-refractivity contribution in [2.75, 3.05) is 7.11 Å². The molecule has 0 saturated heterocycles. The second kappa shape index (κ2) is 5.69. The average molecular weight is 326 g/mol. The second-order valence-electron chi connectivity index (χ2n) is 6.08. The monoisotopic (exact) mass is 326 g/mol. The van der Waals surface area contributed by atoms with Crippen LogP contribution in [0.1, 0.15) is 19.6 Å². The van der Waals surface area contributed by atoms with Crippen LogP contribution in [0.15, 0.2) is 51.7 Å². The highest BCUT2D eigenvalue weighted by atomic mass is 16.5. The number of hydrogen-bond donors (Lipinski definition) is 2. The third kappa shape index (κ3) is 2.63. The first-order valence-corrected chi connectivity index (χ1v) is 7.49. The summed E-state index contributed by atoms with van der Waals surface area (Å²) in [5, 5.41) is 21.4. The van der Waals surface area contributed by atoms with Crippen LogP contribution in [0.25, 0.3) is 21.9 Å². The fraction of sp³-hybridized carbons (Fsp3) is 0.211. The maximum atomic E-state index is 12.3. The van der Waals surface area contributed by atoms with E-state index in [1.807, 2.05) is 6.07 Å². The number of phenolic OH excluding ortho intramolecular Hbond substituents is 1. The van der Waals surface area contributed by atoms with E-state index < -0.39 is 11.2 Å². The van der Waals surface area contributed by atoms with Crippen molar-refractivity contribution in [2.24, 2.45) is 0 Å². The summed E-state index contributed by atoms with van der Waals surface area (Å²) in [5.41, 5.74) is -0.598. The maximum Gasteiger partial charge on any atom is 0.343 e. The summed E-state index contributed by atoms with van der Waals surface area (Å²) in [7, 11) is 1.46. The molecule has 3 rings (SSSR count). The topological polar surface area (TPSA) is 79.9 Å². The number of methoxy groups -OCH3 is 1. The van der Waals surface area contributed by atoms with Crippen LogP contribution >= 0.6 is 0 Å². The van der Waals surface area contributed by atoms with Gasteiger partial charge in [-0.25, -0.2) is 4.79 Å². The number of phenols is 1. The highest BCUT2D eigenvalue weighted by Crippen LogP contribution is 2.39. The molecule has 24 heavy (non-hydrogen) atoms. The molecule has 0 atom stereocenters. The normalized spacial score (nSPS) is 11.7. The van der Waals surface area contributed by atoms with Gasteiger partial charge in [0.15, 0.2) is 11.5 Å². The highest BCUT2D eigenvalue weighted by Gasteiger charge is 2.27. The van der Waals surface area contributed by atoms with Crippen molar-refractivity contribution in [1.82, 2.24) is 0 Å². The minimum Gasteiger partial charge on any atom is -0.504 e. The maximum absolute atomic E-state index is 12.3. The molecular weight excluding hydrogens is 308 g/mol. The second-order valence-corrected chi connectivity index (χ2v) is 6.08. The zero-order chi connectivity index (χ0) is 17.5. The SMILES string of the molecule is COc1cc(-c2c(C(C)(C)O)oc(=O)c3ccccc23)ccc1O. The van der Waals surface area contributed by atoms with Crippen molar-refractivity contribution in [3.63, 3.8) is 0 Å². The Morgan fingerprint density at radius 3 is 2.38 bits per heavy atom. The molecule has 1 heterocycles. The molecular formula is C19H18O5. The summed E-state index contributed by atoms with van der Waals surface area (Å²) in [6.45, 7) is 3.11. The van der Waals surface area contributed by atoms with Gasteiger partial charge in [0.1, 0.15) is 11.4 Å². The van der Waals surface area contributed by atoms with E-state index in [1.54, 1.807) is 44.2 Å². The van der Waals surface area contributed by atoms with E-state index in [0.717, 1.165) is 0 Å². The summed E-state index contributed by atoms with van der Waals surface area (Å²) in [6, 6.07) is 11.9. The zero-order valence-corrected chi connectivity index (χ0v) is 13.7. The van der Waals surface area contributed by atoms with Gasteiger partial charge in [0.25, 0.3) is 0 Å². The fourth-order valence-corrected chi connectivity index (χ4v) is 2.75. The molecule has 3 aromatic rings. The molecule has 0 unspecified atom stereocenters. The smallest absolute Gasteiger partial charge is 0.343 e. The summed E-state index contributed by atoms with van der Waals surface area (Å²) >= 11 is 0. The molecule has 0 amide bonds. The van der Waals surface area contributed by atoms with Crippen LogP contribution in [0, 0.1) is 0 Å². The van der Waals surface area contributed by atoms with Gasteiger partial charge in [0.2, 0.25) is 0 Å². The molecule has 0 radical (unpaired) electrons. The number of fused-ring (bicyclic) bond motifs is 1. The van der Waals surface area contributed by atoms with Gasteiger partial charge in [-0.15, -0.1) is 0 Å². The van der Waals surface area contributed by atoms with Crippen molar-refractivity contribution in [1.29, 1.82) is 0 Å². The van der Waals surface area contributed by atoms with Crippen molar-refractivity contribution in [3.8, 4) is 22.6 Å². The lowest BCUT2D eigenvalue weighted by molar-refractivity contribution is 0.0521. The van der Waals surface area contributed by atoms with E-state index in [0.29, 0.717) is 27.6 Å².